The Morgan fingerprint density at radius 2 is 1.81 bits per heavy atom. The van der Waals surface area contributed by atoms with Gasteiger partial charge in [0.25, 0.3) is 0 Å². The third-order valence-electron chi connectivity index (χ3n) is 1.96. The first-order chi connectivity index (χ1) is 7.66. The van der Waals surface area contributed by atoms with E-state index in [4.69, 9.17) is 0 Å². The van der Waals surface area contributed by atoms with Gasteiger partial charge in [-0.2, -0.15) is 0 Å². The highest BCUT2D eigenvalue weighted by Gasteiger charge is 2.11. The van der Waals surface area contributed by atoms with Crippen molar-refractivity contribution < 1.29 is 8.42 Å². The molecule has 0 saturated heterocycles. The highest BCUT2D eigenvalue weighted by atomic mass is 32.2. The molecule has 0 bridgehead atoms. The van der Waals surface area contributed by atoms with Crippen LogP contribution in [-0.2, 0) is 15.8 Å². The Morgan fingerprint density at radius 3 is 2.44 bits per heavy atom. The van der Waals surface area contributed by atoms with E-state index < -0.39 is 10.0 Å². The van der Waals surface area contributed by atoms with Gasteiger partial charge in [-0.15, -0.1) is 11.3 Å². The smallest absolute Gasteiger partial charge is 0.237 e. The molecule has 1 N–H and O–H groups in total. The van der Waals surface area contributed by atoms with E-state index in [1.54, 1.807) is 24.3 Å². The van der Waals surface area contributed by atoms with Gasteiger partial charge in [0, 0.05) is 10.6 Å². The third-order valence-corrected chi connectivity index (χ3v) is 4.26. The molecular weight excluding hydrogens is 242 g/mol. The van der Waals surface area contributed by atoms with Crippen LogP contribution >= 0.6 is 11.3 Å². The minimum Gasteiger partial charge on any atom is -0.283 e. The van der Waals surface area contributed by atoms with Crippen LogP contribution in [0.25, 0.3) is 0 Å². The minimum absolute atomic E-state index is 0.0273. The van der Waals surface area contributed by atoms with Crippen molar-refractivity contribution in [1.82, 2.24) is 0 Å². The number of thiophene rings is 1. The summed E-state index contributed by atoms with van der Waals surface area (Å²) in [4.78, 5) is 0.837. The molecule has 0 radical (unpaired) electrons. The number of hydrogen-bond acceptors (Lipinski definition) is 3. The van der Waals surface area contributed by atoms with E-state index in [-0.39, 0.29) is 5.75 Å². The summed E-state index contributed by atoms with van der Waals surface area (Å²) in [5.41, 5.74) is 0.596. The lowest BCUT2D eigenvalue weighted by atomic mass is 10.3. The van der Waals surface area contributed by atoms with Gasteiger partial charge in [0.1, 0.15) is 5.75 Å². The van der Waals surface area contributed by atoms with Gasteiger partial charge in [-0.05, 0) is 23.6 Å². The second kappa shape index (κ2) is 4.67. The zero-order valence-corrected chi connectivity index (χ0v) is 10.1. The van der Waals surface area contributed by atoms with Crippen LogP contribution in [0, 0.1) is 0 Å². The Kier molecular flexibility index (Phi) is 3.26. The molecule has 0 amide bonds. The van der Waals surface area contributed by atoms with Crippen molar-refractivity contribution in [3.8, 4) is 0 Å². The van der Waals surface area contributed by atoms with Gasteiger partial charge in [0.05, 0.1) is 0 Å². The first kappa shape index (κ1) is 11.2. The molecule has 0 aliphatic rings. The molecule has 0 saturated carbocycles. The van der Waals surface area contributed by atoms with E-state index in [9.17, 15) is 8.42 Å². The number of sulfonamides is 1. The minimum atomic E-state index is -3.30. The predicted octanol–water partition coefficient (Wildman–Crippen LogP) is 2.69. The van der Waals surface area contributed by atoms with Crippen molar-refractivity contribution in [3.05, 3.63) is 52.7 Å². The second-order valence-electron chi connectivity index (χ2n) is 3.31. The molecular formula is C11H11NO2S2. The summed E-state index contributed by atoms with van der Waals surface area (Å²) in [6.45, 7) is 0. The summed E-state index contributed by atoms with van der Waals surface area (Å²) < 4.78 is 26.1. The van der Waals surface area contributed by atoms with E-state index in [1.807, 2.05) is 23.6 Å². The van der Waals surface area contributed by atoms with Crippen molar-refractivity contribution in [1.29, 1.82) is 0 Å². The van der Waals surface area contributed by atoms with Gasteiger partial charge in [-0.3, -0.25) is 4.72 Å². The standard InChI is InChI=1S/C11H11NO2S2/c13-16(14,9-11-7-4-8-15-11)12-10-5-2-1-3-6-10/h1-8,12H,9H2. The zero-order valence-electron chi connectivity index (χ0n) is 8.46. The van der Waals surface area contributed by atoms with Crippen molar-refractivity contribution >= 4 is 27.0 Å². The fourth-order valence-corrected chi connectivity index (χ4v) is 3.57. The Bertz CT molecular complexity index is 533. The molecule has 0 atom stereocenters. The summed E-state index contributed by atoms with van der Waals surface area (Å²) in [5, 5.41) is 1.87. The number of para-hydroxylation sites is 1. The lowest BCUT2D eigenvalue weighted by Gasteiger charge is -2.06. The molecule has 0 aliphatic heterocycles. The largest absolute Gasteiger partial charge is 0.283 e. The van der Waals surface area contributed by atoms with E-state index in [0.717, 1.165) is 4.88 Å². The summed E-state index contributed by atoms with van der Waals surface area (Å²) in [5.74, 6) is 0.0273. The second-order valence-corrected chi connectivity index (χ2v) is 6.06. The molecule has 0 spiro atoms. The topological polar surface area (TPSA) is 46.2 Å². The molecule has 3 nitrogen and oxygen atoms in total. The molecule has 84 valence electrons. The summed E-state index contributed by atoms with van der Waals surface area (Å²) in [6, 6.07) is 12.5. The van der Waals surface area contributed by atoms with E-state index in [1.165, 1.54) is 11.3 Å². The van der Waals surface area contributed by atoms with Crippen molar-refractivity contribution in [2.45, 2.75) is 5.75 Å². The fourth-order valence-electron chi connectivity index (χ4n) is 1.30. The lowest BCUT2D eigenvalue weighted by Crippen LogP contribution is -2.14. The summed E-state index contributed by atoms with van der Waals surface area (Å²) in [7, 11) is -3.30. The molecule has 5 heteroatoms. The maximum Gasteiger partial charge on any atom is 0.237 e. The Hall–Kier alpha value is -1.33. The average Bonchev–Trinajstić information content (AvgIpc) is 2.70. The first-order valence-electron chi connectivity index (χ1n) is 4.74. The number of hydrogen-bond donors (Lipinski definition) is 1. The van der Waals surface area contributed by atoms with Crippen LogP contribution in [-0.4, -0.2) is 8.42 Å². The molecule has 1 aromatic heterocycles. The van der Waals surface area contributed by atoms with E-state index in [2.05, 4.69) is 4.72 Å². The number of anilines is 1. The normalized spacial score (nSPS) is 11.2. The predicted molar refractivity (Wildman–Crippen MR) is 67.0 cm³/mol. The highest BCUT2D eigenvalue weighted by Crippen LogP contribution is 2.15. The van der Waals surface area contributed by atoms with Crippen LogP contribution in [0.2, 0.25) is 0 Å². The fraction of sp³-hybridized carbons (Fsp3) is 0.0909. The molecule has 1 heterocycles. The van der Waals surface area contributed by atoms with Gasteiger partial charge < -0.3 is 0 Å². The van der Waals surface area contributed by atoms with Gasteiger partial charge in [0.15, 0.2) is 0 Å². The van der Waals surface area contributed by atoms with Gasteiger partial charge >= 0.3 is 0 Å². The lowest BCUT2D eigenvalue weighted by molar-refractivity contribution is 0.601. The van der Waals surface area contributed by atoms with Crippen molar-refractivity contribution in [3.63, 3.8) is 0 Å². The highest BCUT2D eigenvalue weighted by molar-refractivity contribution is 7.92. The van der Waals surface area contributed by atoms with Crippen LogP contribution in [0.15, 0.2) is 47.8 Å². The quantitative estimate of drug-likeness (QED) is 0.910. The Balaban J connectivity index is 2.09. The average molecular weight is 253 g/mol. The Morgan fingerprint density at radius 1 is 1.06 bits per heavy atom. The van der Waals surface area contributed by atoms with Crippen LogP contribution in [0.4, 0.5) is 5.69 Å². The number of nitrogens with one attached hydrogen (secondary N) is 1. The Labute approximate surface area is 98.8 Å². The first-order valence-corrected chi connectivity index (χ1v) is 7.27. The van der Waals surface area contributed by atoms with Crippen LogP contribution in [0.3, 0.4) is 0 Å². The van der Waals surface area contributed by atoms with Crippen LogP contribution < -0.4 is 4.72 Å². The number of rotatable bonds is 4. The number of benzene rings is 1. The zero-order chi connectivity index (χ0) is 11.4. The molecule has 2 rings (SSSR count). The molecule has 0 fully saturated rings. The van der Waals surface area contributed by atoms with E-state index >= 15 is 0 Å². The molecule has 16 heavy (non-hydrogen) atoms. The molecule has 1 aromatic carbocycles. The van der Waals surface area contributed by atoms with Gasteiger partial charge in [-0.1, -0.05) is 24.3 Å². The van der Waals surface area contributed by atoms with Crippen LogP contribution in [0.1, 0.15) is 4.88 Å². The van der Waals surface area contributed by atoms with Gasteiger partial charge in [0.2, 0.25) is 10.0 Å². The maximum absolute atomic E-state index is 11.8. The van der Waals surface area contributed by atoms with Crippen LogP contribution in [0.5, 0.6) is 0 Å². The maximum atomic E-state index is 11.8. The summed E-state index contributed by atoms with van der Waals surface area (Å²) >= 11 is 1.44. The van der Waals surface area contributed by atoms with Crippen molar-refractivity contribution in [2.75, 3.05) is 4.72 Å². The molecule has 0 aliphatic carbocycles. The van der Waals surface area contributed by atoms with E-state index in [0.29, 0.717) is 5.69 Å². The summed E-state index contributed by atoms with van der Waals surface area (Å²) in [6.07, 6.45) is 0. The molecule has 0 unspecified atom stereocenters. The third kappa shape index (κ3) is 3.08. The SMILES string of the molecule is O=S(=O)(Cc1cccs1)Nc1ccccc1. The van der Waals surface area contributed by atoms with Gasteiger partial charge in [-0.25, -0.2) is 8.42 Å². The molecule has 2 aromatic rings. The van der Waals surface area contributed by atoms with Crippen molar-refractivity contribution in [2.24, 2.45) is 0 Å². The monoisotopic (exact) mass is 253 g/mol.